The fraction of sp³-hybridized carbons (Fsp3) is 0.200. The first-order chi connectivity index (χ1) is 9.74. The van der Waals surface area contributed by atoms with E-state index >= 15 is 0 Å². The molecule has 0 atom stereocenters. The summed E-state index contributed by atoms with van der Waals surface area (Å²) in [6, 6.07) is 17.4. The zero-order valence-corrected chi connectivity index (χ0v) is 12.6. The lowest BCUT2D eigenvalue weighted by Gasteiger charge is -2.07. The number of rotatable bonds is 4. The maximum atomic E-state index is 2.26. The van der Waals surface area contributed by atoms with Crippen molar-refractivity contribution in [3.8, 4) is 11.1 Å². The average Bonchev–Trinajstić information content (AvgIpc) is 2.49. The molecule has 0 saturated carbocycles. The highest BCUT2D eigenvalue weighted by molar-refractivity contribution is 5.77. The molecule has 0 aliphatic carbocycles. The van der Waals surface area contributed by atoms with Gasteiger partial charge in [0.15, 0.2) is 0 Å². The van der Waals surface area contributed by atoms with E-state index in [2.05, 4.69) is 87.5 Å². The summed E-state index contributed by atoms with van der Waals surface area (Å²) in [5.41, 5.74) is 6.39. The van der Waals surface area contributed by atoms with Crippen molar-refractivity contribution in [1.29, 1.82) is 0 Å². The van der Waals surface area contributed by atoms with Crippen molar-refractivity contribution >= 4 is 5.57 Å². The molecular formula is C20H22. The van der Waals surface area contributed by atoms with Crippen molar-refractivity contribution in [2.45, 2.75) is 27.2 Å². The minimum absolute atomic E-state index is 1.06. The molecule has 0 bridgehead atoms. The fourth-order valence-corrected chi connectivity index (χ4v) is 2.23. The van der Waals surface area contributed by atoms with Gasteiger partial charge in [-0.25, -0.2) is 0 Å². The Bertz CT molecular complexity index is 613. The second kappa shape index (κ2) is 6.91. The van der Waals surface area contributed by atoms with Crippen molar-refractivity contribution in [1.82, 2.24) is 0 Å². The Labute approximate surface area is 122 Å². The minimum Gasteiger partial charge on any atom is -0.0842 e. The lowest BCUT2D eigenvalue weighted by molar-refractivity contribution is 1.22. The summed E-state index contributed by atoms with van der Waals surface area (Å²) in [6.07, 6.45) is 7.64. The molecule has 2 rings (SSSR count). The molecule has 102 valence electrons. The van der Waals surface area contributed by atoms with Gasteiger partial charge in [0.05, 0.1) is 0 Å². The Morgan fingerprint density at radius 2 is 1.75 bits per heavy atom. The van der Waals surface area contributed by atoms with Gasteiger partial charge in [-0.15, -0.1) is 0 Å². The number of benzene rings is 2. The van der Waals surface area contributed by atoms with E-state index in [1.54, 1.807) is 0 Å². The molecule has 2 aromatic carbocycles. The normalized spacial score (nSPS) is 12.1. The summed E-state index contributed by atoms with van der Waals surface area (Å²) >= 11 is 0. The molecule has 20 heavy (non-hydrogen) atoms. The third-order valence-corrected chi connectivity index (χ3v) is 3.42. The molecule has 0 fully saturated rings. The van der Waals surface area contributed by atoms with Crippen LogP contribution in [0.2, 0.25) is 0 Å². The van der Waals surface area contributed by atoms with Gasteiger partial charge in [0, 0.05) is 0 Å². The van der Waals surface area contributed by atoms with Crippen LogP contribution in [0.5, 0.6) is 0 Å². The molecule has 0 aromatic heterocycles. The standard InChI is InChI=1S/C20H22/c1-4-6-8-17(5-2)19-9-7-10-20(15-19)18-13-11-16(3)12-14-18/h5-15H,4H2,1-3H3. The number of hydrogen-bond acceptors (Lipinski definition) is 0. The Hall–Kier alpha value is -2.08. The Kier molecular flexibility index (Phi) is 4.95. The first-order valence-corrected chi connectivity index (χ1v) is 7.25. The molecule has 2 aromatic rings. The molecule has 0 aliphatic heterocycles. The van der Waals surface area contributed by atoms with E-state index in [0.717, 1.165) is 6.42 Å². The molecule has 0 radical (unpaired) electrons. The Balaban J connectivity index is 2.37. The number of aryl methyl sites for hydroxylation is 1. The molecule has 0 heterocycles. The topological polar surface area (TPSA) is 0 Å². The second-order valence-electron chi connectivity index (χ2n) is 5.00. The van der Waals surface area contributed by atoms with Gasteiger partial charge < -0.3 is 0 Å². The summed E-state index contributed by atoms with van der Waals surface area (Å²) in [6.45, 7) is 6.37. The smallest absolute Gasteiger partial charge is 0.0178 e. The van der Waals surface area contributed by atoms with Crippen LogP contribution in [0, 0.1) is 6.92 Å². The van der Waals surface area contributed by atoms with Crippen LogP contribution < -0.4 is 0 Å². The number of allylic oxidation sites excluding steroid dienone is 4. The highest BCUT2D eigenvalue weighted by Crippen LogP contribution is 2.25. The second-order valence-corrected chi connectivity index (χ2v) is 5.00. The highest BCUT2D eigenvalue weighted by atomic mass is 14.1. The van der Waals surface area contributed by atoms with Gasteiger partial charge in [-0.3, -0.25) is 0 Å². The zero-order chi connectivity index (χ0) is 14.4. The maximum Gasteiger partial charge on any atom is -0.0178 e. The van der Waals surface area contributed by atoms with E-state index in [-0.39, 0.29) is 0 Å². The lowest BCUT2D eigenvalue weighted by Crippen LogP contribution is -1.84. The average molecular weight is 262 g/mol. The van der Waals surface area contributed by atoms with E-state index in [1.165, 1.54) is 27.8 Å². The van der Waals surface area contributed by atoms with Crippen LogP contribution in [-0.2, 0) is 0 Å². The van der Waals surface area contributed by atoms with Crippen molar-refractivity contribution < 1.29 is 0 Å². The van der Waals surface area contributed by atoms with Crippen LogP contribution in [0.1, 0.15) is 31.4 Å². The molecule has 0 saturated heterocycles. The third-order valence-electron chi connectivity index (χ3n) is 3.42. The highest BCUT2D eigenvalue weighted by Gasteiger charge is 2.01. The first kappa shape index (κ1) is 14.3. The monoisotopic (exact) mass is 262 g/mol. The van der Waals surface area contributed by atoms with Crippen LogP contribution >= 0.6 is 0 Å². The quantitative estimate of drug-likeness (QED) is 0.590. The fourth-order valence-electron chi connectivity index (χ4n) is 2.23. The van der Waals surface area contributed by atoms with Gasteiger partial charge in [0.1, 0.15) is 0 Å². The summed E-state index contributed by atoms with van der Waals surface area (Å²) in [5.74, 6) is 0. The Morgan fingerprint density at radius 1 is 1.00 bits per heavy atom. The predicted octanol–water partition coefficient (Wildman–Crippen LogP) is 6.03. The van der Waals surface area contributed by atoms with Crippen molar-refractivity contribution in [3.05, 3.63) is 77.9 Å². The Morgan fingerprint density at radius 3 is 2.40 bits per heavy atom. The van der Waals surface area contributed by atoms with Crippen molar-refractivity contribution in [2.24, 2.45) is 0 Å². The minimum atomic E-state index is 1.06. The maximum absolute atomic E-state index is 2.26. The van der Waals surface area contributed by atoms with Crippen LogP contribution in [0.15, 0.2) is 66.8 Å². The van der Waals surface area contributed by atoms with Gasteiger partial charge >= 0.3 is 0 Å². The molecule has 0 nitrogen and oxygen atoms in total. The van der Waals surface area contributed by atoms with Crippen LogP contribution in [0.3, 0.4) is 0 Å². The van der Waals surface area contributed by atoms with Gasteiger partial charge in [-0.05, 0) is 48.6 Å². The summed E-state index contributed by atoms with van der Waals surface area (Å²) in [4.78, 5) is 0. The molecule has 0 heteroatoms. The molecule has 0 unspecified atom stereocenters. The summed E-state index contributed by atoms with van der Waals surface area (Å²) in [5, 5.41) is 0. The van der Waals surface area contributed by atoms with E-state index in [1.807, 2.05) is 0 Å². The van der Waals surface area contributed by atoms with E-state index in [9.17, 15) is 0 Å². The predicted molar refractivity (Wildman–Crippen MR) is 89.7 cm³/mol. The SMILES string of the molecule is CC=C(C=CCC)c1cccc(-c2ccc(C)cc2)c1. The molecule has 0 aliphatic rings. The van der Waals surface area contributed by atoms with Crippen LogP contribution in [0.25, 0.3) is 16.7 Å². The summed E-state index contributed by atoms with van der Waals surface area (Å²) < 4.78 is 0. The number of hydrogen-bond donors (Lipinski definition) is 0. The molecule has 0 N–H and O–H groups in total. The summed E-state index contributed by atoms with van der Waals surface area (Å²) in [7, 11) is 0. The lowest BCUT2D eigenvalue weighted by atomic mass is 9.98. The molecule has 0 spiro atoms. The van der Waals surface area contributed by atoms with E-state index in [4.69, 9.17) is 0 Å². The third kappa shape index (κ3) is 3.48. The zero-order valence-electron chi connectivity index (χ0n) is 12.6. The van der Waals surface area contributed by atoms with Gasteiger partial charge in [-0.2, -0.15) is 0 Å². The van der Waals surface area contributed by atoms with E-state index in [0.29, 0.717) is 0 Å². The molecular weight excluding hydrogens is 240 g/mol. The van der Waals surface area contributed by atoms with Crippen LogP contribution in [-0.4, -0.2) is 0 Å². The molecule has 0 amide bonds. The van der Waals surface area contributed by atoms with E-state index < -0.39 is 0 Å². The largest absolute Gasteiger partial charge is 0.0842 e. The van der Waals surface area contributed by atoms with Gasteiger partial charge in [-0.1, -0.05) is 73.2 Å². The van der Waals surface area contributed by atoms with Crippen LogP contribution in [0.4, 0.5) is 0 Å². The van der Waals surface area contributed by atoms with Gasteiger partial charge in [0.2, 0.25) is 0 Å². The van der Waals surface area contributed by atoms with Crippen molar-refractivity contribution in [3.63, 3.8) is 0 Å². The van der Waals surface area contributed by atoms with Crippen molar-refractivity contribution in [2.75, 3.05) is 0 Å². The first-order valence-electron chi connectivity index (χ1n) is 7.25. The van der Waals surface area contributed by atoms with Gasteiger partial charge in [0.25, 0.3) is 0 Å².